The van der Waals surface area contributed by atoms with Gasteiger partial charge in [0, 0.05) is 11.6 Å². The van der Waals surface area contributed by atoms with Gasteiger partial charge in [0.1, 0.15) is 11.6 Å². The lowest BCUT2D eigenvalue weighted by atomic mass is 10.1. The van der Waals surface area contributed by atoms with Crippen LogP contribution in [0.15, 0.2) is 48.5 Å². The zero-order valence-corrected chi connectivity index (χ0v) is 13.4. The predicted octanol–water partition coefficient (Wildman–Crippen LogP) is 6.23. The first-order chi connectivity index (χ1) is 10.8. The summed E-state index contributed by atoms with van der Waals surface area (Å²) in [5, 5.41) is 0. The van der Waals surface area contributed by atoms with E-state index in [4.69, 9.17) is 4.74 Å². The summed E-state index contributed by atoms with van der Waals surface area (Å²) in [6.07, 6.45) is 7.36. The van der Waals surface area contributed by atoms with E-state index in [1.54, 1.807) is 6.07 Å². The summed E-state index contributed by atoms with van der Waals surface area (Å²) in [6.45, 7) is 2.88. The van der Waals surface area contributed by atoms with Crippen LogP contribution in [0.3, 0.4) is 0 Å². The van der Waals surface area contributed by atoms with E-state index in [0.717, 1.165) is 12.0 Å². The summed E-state index contributed by atoms with van der Waals surface area (Å²) in [6, 6.07) is 14.7. The van der Waals surface area contributed by atoms with E-state index in [9.17, 15) is 4.39 Å². The Balaban J connectivity index is 1.80. The number of halogens is 1. The molecule has 0 aromatic heterocycles. The molecule has 0 heterocycles. The lowest BCUT2D eigenvalue weighted by Crippen LogP contribution is -1.98. The van der Waals surface area contributed by atoms with Crippen LogP contribution in [0.5, 0.6) is 5.75 Å². The SMILES string of the molecule is CCCCCCCCOc1ccc(-c2ccccc2)c(F)c1. The second kappa shape index (κ2) is 9.24. The van der Waals surface area contributed by atoms with Crippen LogP contribution < -0.4 is 4.74 Å². The topological polar surface area (TPSA) is 9.23 Å². The van der Waals surface area contributed by atoms with Crippen molar-refractivity contribution in [3.63, 3.8) is 0 Å². The maximum atomic E-state index is 14.2. The maximum Gasteiger partial charge on any atom is 0.134 e. The molecule has 0 saturated carbocycles. The highest BCUT2D eigenvalue weighted by Gasteiger charge is 2.06. The molecule has 0 aliphatic heterocycles. The number of ether oxygens (including phenoxy) is 1. The van der Waals surface area contributed by atoms with E-state index in [1.807, 2.05) is 36.4 Å². The molecule has 0 spiro atoms. The Kier molecular flexibility index (Phi) is 6.95. The second-order valence-electron chi connectivity index (χ2n) is 5.62. The van der Waals surface area contributed by atoms with Crippen LogP contribution in [0.25, 0.3) is 11.1 Å². The van der Waals surface area contributed by atoms with E-state index in [0.29, 0.717) is 17.9 Å². The van der Waals surface area contributed by atoms with Crippen LogP contribution >= 0.6 is 0 Å². The molecule has 0 saturated heterocycles. The first-order valence-corrected chi connectivity index (χ1v) is 8.29. The zero-order valence-electron chi connectivity index (χ0n) is 13.4. The highest BCUT2D eigenvalue weighted by atomic mass is 19.1. The summed E-state index contributed by atoms with van der Waals surface area (Å²) in [5.41, 5.74) is 1.51. The second-order valence-corrected chi connectivity index (χ2v) is 5.62. The Bertz CT molecular complexity index is 551. The van der Waals surface area contributed by atoms with Crippen molar-refractivity contribution in [2.75, 3.05) is 6.61 Å². The minimum Gasteiger partial charge on any atom is -0.493 e. The molecule has 0 fully saturated rings. The van der Waals surface area contributed by atoms with Gasteiger partial charge < -0.3 is 4.74 Å². The van der Waals surface area contributed by atoms with Gasteiger partial charge in [0.05, 0.1) is 6.61 Å². The van der Waals surface area contributed by atoms with Crippen molar-refractivity contribution >= 4 is 0 Å². The molecule has 2 aromatic carbocycles. The molecule has 0 atom stereocenters. The smallest absolute Gasteiger partial charge is 0.134 e. The summed E-state index contributed by atoms with van der Waals surface area (Å²) in [4.78, 5) is 0. The number of hydrogen-bond donors (Lipinski definition) is 0. The minimum absolute atomic E-state index is 0.230. The standard InChI is InChI=1S/C20H25FO/c1-2-3-4-5-6-10-15-22-18-13-14-19(20(21)16-18)17-11-8-7-9-12-17/h7-9,11-14,16H,2-6,10,15H2,1H3. The molecule has 0 amide bonds. The molecule has 2 heteroatoms. The first kappa shape index (κ1) is 16.5. The molecule has 118 valence electrons. The number of benzene rings is 2. The van der Waals surface area contributed by atoms with E-state index in [-0.39, 0.29) is 5.82 Å². The molecule has 2 rings (SSSR count). The van der Waals surface area contributed by atoms with Gasteiger partial charge in [-0.1, -0.05) is 69.4 Å². The van der Waals surface area contributed by atoms with Crippen molar-refractivity contribution in [1.29, 1.82) is 0 Å². The van der Waals surface area contributed by atoms with Gasteiger partial charge in [0.2, 0.25) is 0 Å². The fraction of sp³-hybridized carbons (Fsp3) is 0.400. The van der Waals surface area contributed by atoms with Crippen LogP contribution in [0, 0.1) is 5.82 Å². The van der Waals surface area contributed by atoms with E-state index < -0.39 is 0 Å². The summed E-state index contributed by atoms with van der Waals surface area (Å²) >= 11 is 0. The zero-order chi connectivity index (χ0) is 15.6. The van der Waals surface area contributed by atoms with Gasteiger partial charge in [-0.2, -0.15) is 0 Å². The Morgan fingerprint density at radius 2 is 1.59 bits per heavy atom. The number of rotatable bonds is 9. The molecule has 0 unspecified atom stereocenters. The summed E-state index contributed by atoms with van der Waals surface area (Å²) in [5.74, 6) is 0.386. The molecular weight excluding hydrogens is 275 g/mol. The third kappa shape index (κ3) is 5.18. The number of unbranched alkanes of at least 4 members (excludes halogenated alkanes) is 5. The highest BCUT2D eigenvalue weighted by molar-refractivity contribution is 5.64. The van der Waals surface area contributed by atoms with Crippen molar-refractivity contribution in [2.24, 2.45) is 0 Å². The third-order valence-corrected chi connectivity index (χ3v) is 3.79. The molecule has 22 heavy (non-hydrogen) atoms. The molecule has 0 aliphatic rings. The Labute approximate surface area is 133 Å². The van der Waals surface area contributed by atoms with Gasteiger partial charge in [-0.15, -0.1) is 0 Å². The third-order valence-electron chi connectivity index (χ3n) is 3.79. The molecule has 0 aliphatic carbocycles. The van der Waals surface area contributed by atoms with Crippen molar-refractivity contribution in [1.82, 2.24) is 0 Å². The van der Waals surface area contributed by atoms with Crippen LogP contribution in [0.4, 0.5) is 4.39 Å². The van der Waals surface area contributed by atoms with E-state index >= 15 is 0 Å². The fourth-order valence-electron chi connectivity index (χ4n) is 2.51. The number of hydrogen-bond acceptors (Lipinski definition) is 1. The van der Waals surface area contributed by atoms with E-state index in [2.05, 4.69) is 6.92 Å². The average molecular weight is 300 g/mol. The van der Waals surface area contributed by atoms with Crippen LogP contribution in [0.2, 0.25) is 0 Å². The molecule has 0 radical (unpaired) electrons. The van der Waals surface area contributed by atoms with Crippen molar-refractivity contribution in [3.8, 4) is 16.9 Å². The summed E-state index contributed by atoms with van der Waals surface area (Å²) < 4.78 is 19.8. The molecule has 0 bridgehead atoms. The highest BCUT2D eigenvalue weighted by Crippen LogP contribution is 2.26. The van der Waals surface area contributed by atoms with Crippen LogP contribution in [0.1, 0.15) is 45.4 Å². The molecule has 2 aromatic rings. The van der Waals surface area contributed by atoms with Gasteiger partial charge in [0.15, 0.2) is 0 Å². The fourth-order valence-corrected chi connectivity index (χ4v) is 2.51. The maximum absolute atomic E-state index is 14.2. The molecule has 1 nitrogen and oxygen atoms in total. The Morgan fingerprint density at radius 1 is 0.864 bits per heavy atom. The minimum atomic E-state index is -0.230. The normalized spacial score (nSPS) is 10.6. The van der Waals surface area contributed by atoms with Gasteiger partial charge in [-0.3, -0.25) is 0 Å². The van der Waals surface area contributed by atoms with Gasteiger partial charge in [-0.25, -0.2) is 4.39 Å². The molecule has 0 N–H and O–H groups in total. The molecular formula is C20H25FO. The lowest BCUT2D eigenvalue weighted by molar-refractivity contribution is 0.303. The van der Waals surface area contributed by atoms with Gasteiger partial charge in [0.25, 0.3) is 0 Å². The van der Waals surface area contributed by atoms with Gasteiger partial charge in [-0.05, 0) is 24.1 Å². The van der Waals surface area contributed by atoms with E-state index in [1.165, 1.54) is 38.2 Å². The van der Waals surface area contributed by atoms with Crippen molar-refractivity contribution in [2.45, 2.75) is 45.4 Å². The summed E-state index contributed by atoms with van der Waals surface area (Å²) in [7, 11) is 0. The van der Waals surface area contributed by atoms with Crippen LogP contribution in [-0.4, -0.2) is 6.61 Å². The Morgan fingerprint density at radius 3 is 2.32 bits per heavy atom. The average Bonchev–Trinajstić information content (AvgIpc) is 2.55. The van der Waals surface area contributed by atoms with Crippen molar-refractivity contribution in [3.05, 3.63) is 54.3 Å². The first-order valence-electron chi connectivity index (χ1n) is 8.29. The van der Waals surface area contributed by atoms with Crippen molar-refractivity contribution < 1.29 is 9.13 Å². The predicted molar refractivity (Wildman–Crippen MR) is 90.7 cm³/mol. The largest absolute Gasteiger partial charge is 0.493 e. The Hall–Kier alpha value is -1.83. The lowest BCUT2D eigenvalue weighted by Gasteiger charge is -2.09. The van der Waals surface area contributed by atoms with Gasteiger partial charge >= 0.3 is 0 Å². The monoisotopic (exact) mass is 300 g/mol. The van der Waals surface area contributed by atoms with Crippen LogP contribution in [-0.2, 0) is 0 Å². The quantitative estimate of drug-likeness (QED) is 0.499.